The van der Waals surface area contributed by atoms with Crippen LogP contribution in [0.2, 0.25) is 0 Å². The molecule has 2 heterocycles. The van der Waals surface area contributed by atoms with Gasteiger partial charge in [0, 0.05) is 68.7 Å². The summed E-state index contributed by atoms with van der Waals surface area (Å²) in [4.78, 5) is 127. The van der Waals surface area contributed by atoms with Crippen LogP contribution in [0.25, 0.3) is 0 Å². The van der Waals surface area contributed by atoms with E-state index in [1.807, 2.05) is 0 Å². The maximum absolute atomic E-state index is 14.5. The van der Waals surface area contributed by atoms with Crippen LogP contribution in [0, 0.1) is 5.92 Å². The molecule has 0 saturated carbocycles. The molecule has 0 radical (unpaired) electrons. The zero-order chi connectivity index (χ0) is 44.2. The topological polar surface area (TPSA) is 304 Å². The maximum Gasteiger partial charge on any atom is 0.342 e. The number of nitrogens with one attached hydrogen (secondary N) is 1. The van der Waals surface area contributed by atoms with E-state index in [-0.39, 0.29) is 0 Å². The Kier molecular flexibility index (Phi) is 18.0. The van der Waals surface area contributed by atoms with Crippen molar-refractivity contribution in [2.75, 3.05) is 20.3 Å². The quantitative estimate of drug-likeness (QED) is 0.129. The minimum atomic E-state index is -2.91. The van der Waals surface area contributed by atoms with Gasteiger partial charge in [0.05, 0.1) is 19.1 Å². The van der Waals surface area contributed by atoms with Crippen LogP contribution in [0.5, 0.6) is 0 Å². The molecule has 2 aliphatic rings. The highest BCUT2D eigenvalue weighted by molar-refractivity contribution is 5.82. The van der Waals surface area contributed by atoms with Crippen molar-refractivity contribution in [1.82, 2.24) is 5.32 Å². The second-order valence-electron chi connectivity index (χ2n) is 13.2. The molecule has 2 aliphatic heterocycles. The maximum atomic E-state index is 14.5. The number of aliphatic hydroxyl groups is 1. The Bertz CT molecular complexity index is 1580. The number of carbonyl (C=O) groups is 10. The molecular formula is C35H49NO22. The van der Waals surface area contributed by atoms with Crippen molar-refractivity contribution in [2.24, 2.45) is 5.92 Å². The van der Waals surface area contributed by atoms with E-state index in [4.69, 9.17) is 52.1 Å². The van der Waals surface area contributed by atoms with Crippen molar-refractivity contribution in [1.29, 1.82) is 0 Å². The van der Waals surface area contributed by atoms with Gasteiger partial charge >= 0.3 is 53.7 Å². The number of methoxy groups -OCH3 is 1. The summed E-state index contributed by atoms with van der Waals surface area (Å²) in [5.41, 5.74) is -2.91. The summed E-state index contributed by atoms with van der Waals surface area (Å²) in [6.07, 6.45) is -18.5. The number of ether oxygens (including phenoxy) is 11. The lowest BCUT2D eigenvalue weighted by Gasteiger charge is -2.54. The fourth-order valence-electron chi connectivity index (χ4n) is 6.68. The minimum Gasteiger partial charge on any atom is -0.467 e. The summed E-state index contributed by atoms with van der Waals surface area (Å²) >= 11 is 0. The molecule has 0 aromatic carbocycles. The van der Waals surface area contributed by atoms with Gasteiger partial charge in [-0.2, -0.15) is 0 Å². The number of esters is 9. The Morgan fingerprint density at radius 1 is 0.707 bits per heavy atom. The molecule has 58 heavy (non-hydrogen) atoms. The van der Waals surface area contributed by atoms with E-state index in [1.165, 1.54) is 0 Å². The van der Waals surface area contributed by atoms with E-state index in [1.54, 1.807) is 0 Å². The van der Waals surface area contributed by atoms with Crippen molar-refractivity contribution < 1.29 is 105 Å². The number of amides is 1. The molecule has 2 N–H and O–H groups in total. The largest absolute Gasteiger partial charge is 0.467 e. The Morgan fingerprint density at radius 2 is 1.26 bits per heavy atom. The smallest absolute Gasteiger partial charge is 0.342 e. The summed E-state index contributed by atoms with van der Waals surface area (Å²) in [5.74, 6) is -12.4. The number of hydrogen-bond donors (Lipinski definition) is 2. The van der Waals surface area contributed by atoms with Gasteiger partial charge in [-0.15, -0.1) is 0 Å². The first-order valence-corrected chi connectivity index (χ1v) is 17.6. The van der Waals surface area contributed by atoms with Crippen molar-refractivity contribution >= 4 is 59.6 Å². The first kappa shape index (κ1) is 48.7. The van der Waals surface area contributed by atoms with Crippen LogP contribution in [0.1, 0.15) is 68.7 Å². The molecule has 0 aromatic rings. The van der Waals surface area contributed by atoms with E-state index in [9.17, 15) is 53.1 Å². The predicted octanol–water partition coefficient (Wildman–Crippen LogP) is -1.76. The van der Waals surface area contributed by atoms with Gasteiger partial charge in [0.2, 0.25) is 17.8 Å². The standard InChI is InChI=1S/C35H49NO22/c1-14(37)36-27-23(51-17(4)40)11-35(34(47)48-10,58-31(27)30(54-20(7)43)25(52-18(5)41)13-50-16(3)39)32(55-21(8)44)26-28(46)33(56-22(9)45)57-24(12-49-15(2)38)29(26)53-19(6)42/h23-33,46H,11-13H2,1-10H3,(H,36,37)/t23-,24+,25+,26+,27+,28+,29-,30+,31+,32-,33?,35-/m0/s1. The number of carbonyl (C=O) groups excluding carboxylic acids is 10. The van der Waals surface area contributed by atoms with Crippen LogP contribution in [-0.2, 0) is 100 Å². The normalized spacial score (nSPS) is 28.1. The molecule has 1 amide bonds. The summed E-state index contributed by atoms with van der Waals surface area (Å²) < 4.78 is 60.5. The zero-order valence-corrected chi connectivity index (χ0v) is 33.5. The molecular weight excluding hydrogens is 786 g/mol. The predicted molar refractivity (Wildman–Crippen MR) is 183 cm³/mol. The van der Waals surface area contributed by atoms with Crippen LogP contribution in [0.4, 0.5) is 0 Å². The molecule has 23 nitrogen and oxygen atoms in total. The third-order valence-corrected chi connectivity index (χ3v) is 8.45. The van der Waals surface area contributed by atoms with Gasteiger partial charge in [-0.05, 0) is 0 Å². The molecule has 12 atom stereocenters. The highest BCUT2D eigenvalue weighted by Gasteiger charge is 2.67. The molecule has 2 fully saturated rings. The van der Waals surface area contributed by atoms with Gasteiger partial charge in [-0.25, -0.2) is 4.79 Å². The van der Waals surface area contributed by atoms with Crippen LogP contribution in [-0.4, -0.2) is 152 Å². The Morgan fingerprint density at radius 3 is 1.72 bits per heavy atom. The lowest BCUT2D eigenvalue weighted by atomic mass is 9.72. The second kappa shape index (κ2) is 21.4. The summed E-state index contributed by atoms with van der Waals surface area (Å²) in [5, 5.41) is 14.4. The number of aliphatic hydroxyl groups excluding tert-OH is 1. The van der Waals surface area contributed by atoms with Crippen molar-refractivity contribution in [3.8, 4) is 0 Å². The SMILES string of the molecule is COC(=O)[C@@]1([C@@H](OC(C)=O)[C@H]2[C@@H](OC(C)=O)[C@@H](COC(C)=O)OC(OC(C)=O)[C@@H]2O)C[C@H](OC(C)=O)[C@@H](NC(C)=O)[C@H]([C@H](OC(C)=O)[C@@H](COC(C)=O)OC(C)=O)O1. The van der Waals surface area contributed by atoms with Crippen LogP contribution < -0.4 is 5.32 Å². The fourth-order valence-corrected chi connectivity index (χ4v) is 6.68. The minimum absolute atomic E-state index is 0.745. The molecule has 2 rings (SSSR count). The van der Waals surface area contributed by atoms with E-state index in [2.05, 4.69) is 5.32 Å². The third kappa shape index (κ3) is 13.3. The first-order chi connectivity index (χ1) is 26.9. The number of rotatable bonds is 16. The van der Waals surface area contributed by atoms with Crippen LogP contribution >= 0.6 is 0 Å². The van der Waals surface area contributed by atoms with Gasteiger partial charge < -0.3 is 62.5 Å². The molecule has 2 saturated heterocycles. The lowest BCUT2D eigenvalue weighted by molar-refractivity contribution is -0.317. The summed E-state index contributed by atoms with van der Waals surface area (Å²) in [6, 6.07) is -1.65. The molecule has 0 spiro atoms. The van der Waals surface area contributed by atoms with Gasteiger partial charge in [-0.3, -0.25) is 43.2 Å². The van der Waals surface area contributed by atoms with Crippen molar-refractivity contribution in [3.05, 3.63) is 0 Å². The first-order valence-electron chi connectivity index (χ1n) is 17.6. The van der Waals surface area contributed by atoms with Gasteiger partial charge in [0.15, 0.2) is 18.3 Å². The van der Waals surface area contributed by atoms with Crippen LogP contribution in [0.15, 0.2) is 0 Å². The summed E-state index contributed by atoms with van der Waals surface area (Å²) in [6.45, 7) is 7.05. The van der Waals surface area contributed by atoms with Crippen molar-refractivity contribution in [2.45, 2.75) is 135 Å². The third-order valence-electron chi connectivity index (χ3n) is 8.45. The van der Waals surface area contributed by atoms with Gasteiger partial charge in [-0.1, -0.05) is 0 Å². The summed E-state index contributed by atoms with van der Waals surface area (Å²) in [7, 11) is 0.856. The monoisotopic (exact) mass is 835 g/mol. The highest BCUT2D eigenvalue weighted by atomic mass is 16.7. The molecule has 0 aromatic heterocycles. The number of hydrogen-bond acceptors (Lipinski definition) is 22. The zero-order valence-electron chi connectivity index (χ0n) is 33.5. The highest BCUT2D eigenvalue weighted by Crippen LogP contribution is 2.45. The van der Waals surface area contributed by atoms with Crippen molar-refractivity contribution in [3.63, 3.8) is 0 Å². The van der Waals surface area contributed by atoms with Crippen LogP contribution in [0.3, 0.4) is 0 Å². The van der Waals surface area contributed by atoms with E-state index in [0.29, 0.717) is 0 Å². The molecule has 1 unspecified atom stereocenters. The molecule has 0 bridgehead atoms. The molecule has 0 aliphatic carbocycles. The average Bonchev–Trinajstić information content (AvgIpc) is 3.08. The van der Waals surface area contributed by atoms with E-state index in [0.717, 1.165) is 69.4 Å². The Hall–Kier alpha value is -5.42. The fraction of sp³-hybridized carbons (Fsp3) is 0.714. The van der Waals surface area contributed by atoms with Gasteiger partial charge in [0.1, 0.15) is 43.7 Å². The van der Waals surface area contributed by atoms with E-state index >= 15 is 0 Å². The molecule has 326 valence electrons. The Labute approximate surface area is 331 Å². The Balaban J connectivity index is 3.18. The van der Waals surface area contributed by atoms with E-state index < -0.39 is 152 Å². The lowest BCUT2D eigenvalue weighted by Crippen LogP contribution is -2.74. The molecule has 23 heteroatoms. The van der Waals surface area contributed by atoms with Gasteiger partial charge in [0.25, 0.3) is 0 Å². The second-order valence-corrected chi connectivity index (χ2v) is 13.2. The average molecular weight is 836 g/mol.